The van der Waals surface area contributed by atoms with Crippen LogP contribution < -0.4 is 14.8 Å². The van der Waals surface area contributed by atoms with Gasteiger partial charge in [-0.1, -0.05) is 11.8 Å². The largest absolute Gasteiger partial charge is 0.493 e. The molecule has 0 unspecified atom stereocenters. The fraction of sp³-hybridized carbons (Fsp3) is 0.333. The van der Waals surface area contributed by atoms with Crippen molar-refractivity contribution in [3.63, 3.8) is 0 Å². The van der Waals surface area contributed by atoms with Crippen LogP contribution >= 0.6 is 0 Å². The van der Waals surface area contributed by atoms with Gasteiger partial charge in [-0.15, -0.1) is 0 Å². The molecule has 0 fully saturated rings. The molecule has 1 aromatic rings. The average molecular weight is 275 g/mol. The summed E-state index contributed by atoms with van der Waals surface area (Å²) in [6, 6.07) is 3.23. The predicted molar refractivity (Wildman–Crippen MR) is 75.1 cm³/mol. The van der Waals surface area contributed by atoms with Gasteiger partial charge in [-0.25, -0.2) is 0 Å². The molecule has 0 saturated carbocycles. The first-order valence-corrected chi connectivity index (χ1v) is 6.07. The second-order valence-electron chi connectivity index (χ2n) is 3.96. The fourth-order valence-electron chi connectivity index (χ4n) is 1.61. The average Bonchev–Trinajstić information content (AvgIpc) is 2.45. The van der Waals surface area contributed by atoms with Gasteiger partial charge in [0, 0.05) is 25.5 Å². The van der Waals surface area contributed by atoms with Crippen molar-refractivity contribution >= 4 is 12.2 Å². The number of benzene rings is 1. The van der Waals surface area contributed by atoms with Gasteiger partial charge in [0.1, 0.15) is 6.29 Å². The Kier molecular flexibility index (Phi) is 6.11. The van der Waals surface area contributed by atoms with Crippen molar-refractivity contribution in [3.8, 4) is 23.3 Å². The molecule has 20 heavy (non-hydrogen) atoms. The number of methoxy groups -OCH3 is 2. The quantitative estimate of drug-likeness (QED) is 0.501. The Hall–Kier alpha value is -2.48. The zero-order valence-corrected chi connectivity index (χ0v) is 11.8. The molecule has 1 aromatic carbocycles. The summed E-state index contributed by atoms with van der Waals surface area (Å²) in [6.07, 6.45) is 1.24. The van der Waals surface area contributed by atoms with E-state index in [2.05, 4.69) is 17.2 Å². The fourth-order valence-corrected chi connectivity index (χ4v) is 1.61. The van der Waals surface area contributed by atoms with Gasteiger partial charge in [0.05, 0.1) is 19.8 Å². The topological polar surface area (TPSA) is 64.6 Å². The van der Waals surface area contributed by atoms with Gasteiger partial charge in [-0.2, -0.15) is 0 Å². The summed E-state index contributed by atoms with van der Waals surface area (Å²) in [5, 5.41) is 2.65. The Morgan fingerprint density at radius 2 is 2.10 bits per heavy atom. The van der Waals surface area contributed by atoms with Gasteiger partial charge in [0.2, 0.25) is 5.91 Å². The molecule has 0 aliphatic heterocycles. The van der Waals surface area contributed by atoms with Crippen LogP contribution in [0.4, 0.5) is 0 Å². The Balaban J connectivity index is 2.95. The lowest BCUT2D eigenvalue weighted by atomic mass is 10.1. The molecular formula is C15H17NO4. The first-order valence-electron chi connectivity index (χ1n) is 6.07. The van der Waals surface area contributed by atoms with Crippen molar-refractivity contribution in [1.29, 1.82) is 0 Å². The highest BCUT2D eigenvalue weighted by Gasteiger charge is 2.10. The maximum Gasteiger partial charge on any atom is 0.216 e. The summed E-state index contributed by atoms with van der Waals surface area (Å²) in [6.45, 7) is 1.93. The molecule has 0 aliphatic carbocycles. The Morgan fingerprint density at radius 3 is 2.65 bits per heavy atom. The number of carbonyl (C=O) groups is 2. The number of amides is 1. The third kappa shape index (κ3) is 4.32. The van der Waals surface area contributed by atoms with Crippen LogP contribution in [0.2, 0.25) is 0 Å². The molecule has 0 bridgehead atoms. The lowest BCUT2D eigenvalue weighted by Crippen LogP contribution is -2.20. The minimum absolute atomic E-state index is 0.0889. The smallest absolute Gasteiger partial charge is 0.216 e. The van der Waals surface area contributed by atoms with Crippen LogP contribution in [-0.2, 0) is 4.79 Å². The number of nitrogens with one attached hydrogen (secondary N) is 1. The Morgan fingerprint density at radius 1 is 1.35 bits per heavy atom. The van der Waals surface area contributed by atoms with E-state index in [-0.39, 0.29) is 5.91 Å². The van der Waals surface area contributed by atoms with E-state index in [1.54, 1.807) is 12.1 Å². The van der Waals surface area contributed by atoms with Gasteiger partial charge in [-0.05, 0) is 12.1 Å². The van der Waals surface area contributed by atoms with E-state index >= 15 is 0 Å². The lowest BCUT2D eigenvalue weighted by molar-refractivity contribution is -0.118. The van der Waals surface area contributed by atoms with E-state index in [0.29, 0.717) is 35.6 Å². The molecule has 0 atom stereocenters. The van der Waals surface area contributed by atoms with E-state index in [9.17, 15) is 9.59 Å². The molecule has 0 aromatic heterocycles. The number of hydrogen-bond donors (Lipinski definition) is 1. The van der Waals surface area contributed by atoms with Gasteiger partial charge >= 0.3 is 0 Å². The standard InChI is InChI=1S/C15H17NO4/c1-11(18)16-7-5-4-6-13-8-12(10-17)9-14(19-2)15(13)20-3/h8-10H,5,7H2,1-3H3,(H,16,18). The number of rotatable bonds is 5. The van der Waals surface area contributed by atoms with Crippen LogP contribution in [0.15, 0.2) is 12.1 Å². The van der Waals surface area contributed by atoms with Gasteiger partial charge in [0.15, 0.2) is 11.5 Å². The molecule has 1 N–H and O–H groups in total. The molecule has 0 radical (unpaired) electrons. The molecule has 0 saturated heterocycles. The monoisotopic (exact) mass is 275 g/mol. The second kappa shape index (κ2) is 7.85. The molecular weight excluding hydrogens is 258 g/mol. The summed E-state index contributed by atoms with van der Waals surface area (Å²) in [7, 11) is 3.02. The van der Waals surface area contributed by atoms with Crippen LogP contribution in [0.3, 0.4) is 0 Å². The van der Waals surface area contributed by atoms with E-state index in [4.69, 9.17) is 9.47 Å². The third-order valence-corrected chi connectivity index (χ3v) is 2.48. The lowest BCUT2D eigenvalue weighted by Gasteiger charge is -2.10. The van der Waals surface area contributed by atoms with Crippen molar-refractivity contribution in [2.75, 3.05) is 20.8 Å². The van der Waals surface area contributed by atoms with Crippen molar-refractivity contribution in [1.82, 2.24) is 5.32 Å². The first-order chi connectivity index (χ1) is 9.62. The zero-order valence-electron chi connectivity index (χ0n) is 11.8. The SMILES string of the molecule is COc1cc(C=O)cc(C#CCCNC(C)=O)c1OC. The molecule has 1 rings (SSSR count). The number of ether oxygens (including phenoxy) is 2. The molecule has 1 amide bonds. The second-order valence-corrected chi connectivity index (χ2v) is 3.96. The van der Waals surface area contributed by atoms with E-state index in [0.717, 1.165) is 6.29 Å². The van der Waals surface area contributed by atoms with Crippen LogP contribution in [0.25, 0.3) is 0 Å². The van der Waals surface area contributed by atoms with Crippen LogP contribution in [0.5, 0.6) is 11.5 Å². The highest BCUT2D eigenvalue weighted by atomic mass is 16.5. The van der Waals surface area contributed by atoms with Crippen LogP contribution in [0.1, 0.15) is 29.3 Å². The molecule has 106 valence electrons. The molecule has 5 heteroatoms. The van der Waals surface area contributed by atoms with E-state index < -0.39 is 0 Å². The summed E-state index contributed by atoms with van der Waals surface area (Å²) in [5.74, 6) is 6.70. The van der Waals surface area contributed by atoms with Crippen molar-refractivity contribution in [3.05, 3.63) is 23.3 Å². The molecule has 0 spiro atoms. The highest BCUT2D eigenvalue weighted by Crippen LogP contribution is 2.31. The highest BCUT2D eigenvalue weighted by molar-refractivity contribution is 5.78. The van der Waals surface area contributed by atoms with Gasteiger partial charge < -0.3 is 14.8 Å². The van der Waals surface area contributed by atoms with Gasteiger partial charge in [-0.3, -0.25) is 9.59 Å². The minimum Gasteiger partial charge on any atom is -0.493 e. The number of hydrogen-bond acceptors (Lipinski definition) is 4. The van der Waals surface area contributed by atoms with Crippen LogP contribution in [-0.4, -0.2) is 33.0 Å². The summed E-state index contributed by atoms with van der Waals surface area (Å²) in [4.78, 5) is 21.6. The summed E-state index contributed by atoms with van der Waals surface area (Å²) in [5.41, 5.74) is 1.05. The first kappa shape index (κ1) is 15.6. The minimum atomic E-state index is -0.0889. The summed E-state index contributed by atoms with van der Waals surface area (Å²) >= 11 is 0. The molecule has 0 aliphatic rings. The number of carbonyl (C=O) groups excluding carboxylic acids is 2. The van der Waals surface area contributed by atoms with Crippen LogP contribution in [0, 0.1) is 11.8 Å². The van der Waals surface area contributed by atoms with Crippen molar-refractivity contribution in [2.24, 2.45) is 0 Å². The number of aldehydes is 1. The molecule has 5 nitrogen and oxygen atoms in total. The molecule has 0 heterocycles. The third-order valence-electron chi connectivity index (χ3n) is 2.48. The van der Waals surface area contributed by atoms with Crippen molar-refractivity contribution in [2.45, 2.75) is 13.3 Å². The van der Waals surface area contributed by atoms with E-state index in [1.807, 2.05) is 0 Å². The maximum absolute atomic E-state index is 10.9. The van der Waals surface area contributed by atoms with Crippen molar-refractivity contribution < 1.29 is 19.1 Å². The predicted octanol–water partition coefficient (Wildman–Crippen LogP) is 1.39. The van der Waals surface area contributed by atoms with Gasteiger partial charge in [0.25, 0.3) is 0 Å². The summed E-state index contributed by atoms with van der Waals surface area (Å²) < 4.78 is 10.4. The zero-order chi connectivity index (χ0) is 15.0. The maximum atomic E-state index is 10.9. The van der Waals surface area contributed by atoms with E-state index in [1.165, 1.54) is 21.1 Å². The normalized spacial score (nSPS) is 9.15. The Bertz CT molecular complexity index is 555. The Labute approximate surface area is 118 Å².